The van der Waals surface area contributed by atoms with Gasteiger partial charge in [-0.05, 0) is 49.2 Å². The van der Waals surface area contributed by atoms with Crippen LogP contribution in [0.15, 0.2) is 42.0 Å². The Morgan fingerprint density at radius 1 is 0.918 bits per heavy atom. The maximum atomic E-state index is 14.4. The van der Waals surface area contributed by atoms with Gasteiger partial charge in [-0.2, -0.15) is 0 Å². The van der Waals surface area contributed by atoms with Crippen LogP contribution in [0.4, 0.5) is 0 Å². The highest BCUT2D eigenvalue weighted by atomic mass is 16.3. The molecule has 49 heavy (non-hydrogen) atoms. The van der Waals surface area contributed by atoms with E-state index >= 15 is 0 Å². The molecule has 2 heterocycles. The van der Waals surface area contributed by atoms with Crippen molar-refractivity contribution in [1.82, 2.24) is 25.8 Å². The van der Waals surface area contributed by atoms with E-state index in [-0.39, 0.29) is 43.0 Å². The summed E-state index contributed by atoms with van der Waals surface area (Å²) in [4.78, 5) is 82.3. The Kier molecular flexibility index (Phi) is 14.3. The van der Waals surface area contributed by atoms with Gasteiger partial charge in [0.25, 0.3) is 0 Å². The molecule has 14 nitrogen and oxygen atoms in total. The molecule has 8 N–H and O–H groups in total. The summed E-state index contributed by atoms with van der Waals surface area (Å²) in [6.45, 7) is 8.84. The number of carbonyl (C=O) groups is 6. The molecular weight excluding hydrogens is 630 g/mol. The van der Waals surface area contributed by atoms with Crippen LogP contribution in [0.3, 0.4) is 0 Å². The molecule has 0 aromatic heterocycles. The molecule has 2 aliphatic rings. The average molecular weight is 684 g/mol. The lowest BCUT2D eigenvalue weighted by atomic mass is 9.99. The first-order chi connectivity index (χ1) is 23.2. The molecule has 6 atom stereocenters. The van der Waals surface area contributed by atoms with Gasteiger partial charge in [0.1, 0.15) is 30.2 Å². The van der Waals surface area contributed by atoms with Crippen molar-refractivity contribution < 1.29 is 33.9 Å². The lowest BCUT2D eigenvalue weighted by Crippen LogP contribution is -2.59. The molecule has 3 rings (SSSR count). The molecule has 0 bridgehead atoms. The summed E-state index contributed by atoms with van der Waals surface area (Å²) in [5.41, 5.74) is 12.8. The van der Waals surface area contributed by atoms with E-state index in [9.17, 15) is 33.9 Å². The molecule has 14 heteroatoms. The van der Waals surface area contributed by atoms with Gasteiger partial charge in [0, 0.05) is 32.0 Å². The molecule has 2 aliphatic heterocycles. The maximum Gasteiger partial charge on any atom is 0.246 e. The molecule has 6 unspecified atom stereocenters. The minimum Gasteiger partial charge on any atom is -0.394 e. The van der Waals surface area contributed by atoms with E-state index in [1.54, 1.807) is 45.6 Å². The molecule has 0 aliphatic carbocycles. The van der Waals surface area contributed by atoms with Crippen LogP contribution in [-0.2, 0) is 35.2 Å². The smallest absolute Gasteiger partial charge is 0.246 e. The highest BCUT2D eigenvalue weighted by Crippen LogP contribution is 2.25. The van der Waals surface area contributed by atoms with Gasteiger partial charge >= 0.3 is 0 Å². The number of nitrogens with two attached hydrogens (primary N) is 2. The number of nitrogens with zero attached hydrogens (tertiary/aromatic N) is 2. The molecule has 1 fully saturated rings. The molecular formula is C35H53N7O7. The van der Waals surface area contributed by atoms with Crippen LogP contribution in [-0.4, -0.2) is 106 Å². The molecule has 270 valence electrons. The Labute approximate surface area is 288 Å². The number of nitrogens with one attached hydrogen (secondary N) is 3. The van der Waals surface area contributed by atoms with Gasteiger partial charge in [0.2, 0.25) is 35.4 Å². The molecule has 0 saturated carbocycles. The molecule has 0 radical (unpaired) electrons. The summed E-state index contributed by atoms with van der Waals surface area (Å²) in [6.07, 6.45) is 3.32. The topological polar surface area (TPSA) is 217 Å². The van der Waals surface area contributed by atoms with Crippen LogP contribution in [0.5, 0.6) is 0 Å². The largest absolute Gasteiger partial charge is 0.394 e. The predicted molar refractivity (Wildman–Crippen MR) is 183 cm³/mol. The van der Waals surface area contributed by atoms with E-state index in [1.165, 1.54) is 4.90 Å². The Bertz CT molecular complexity index is 1380. The predicted octanol–water partition coefficient (Wildman–Crippen LogP) is -0.271. The number of amides is 6. The van der Waals surface area contributed by atoms with Crippen molar-refractivity contribution in [3.63, 3.8) is 0 Å². The first kappa shape index (κ1) is 39.1. The van der Waals surface area contributed by atoms with E-state index in [0.717, 1.165) is 11.1 Å². The zero-order valence-corrected chi connectivity index (χ0v) is 29.2. The number of carbonyl (C=O) groups excluding carboxylic acids is 6. The summed E-state index contributed by atoms with van der Waals surface area (Å²) in [7, 11) is 0. The number of benzene rings is 1. The van der Waals surface area contributed by atoms with Gasteiger partial charge in [-0.15, -0.1) is 0 Å². The monoisotopic (exact) mass is 683 g/mol. The second-order valence-corrected chi connectivity index (χ2v) is 13.6. The standard InChI is InChI=1S/C35H53N7O7/c1-20(2)29(31(37)45)39-34(48)30(21(3)4)40-33(47)26-12-9-16-42(26)35(49)27(18-23-10-7-6-8-11-23)41-17-15-24(13-14-28(41)44)22(5)38-32(46)25(36)19-43/h6-8,10-11,13,20-22,25-27,29-30,43H,9,12,14-19,36H2,1-5H3,(H2,37,45)(H,38,46)(H,39,48)(H,40,47). The minimum absolute atomic E-state index is 0.0118. The summed E-state index contributed by atoms with van der Waals surface area (Å²) >= 11 is 0. The van der Waals surface area contributed by atoms with Crippen molar-refractivity contribution in [3.8, 4) is 0 Å². The van der Waals surface area contributed by atoms with Gasteiger partial charge in [0.15, 0.2) is 0 Å². The summed E-state index contributed by atoms with van der Waals surface area (Å²) in [5.74, 6) is -3.43. The van der Waals surface area contributed by atoms with Gasteiger partial charge in [-0.3, -0.25) is 28.8 Å². The molecule has 1 aromatic rings. The number of aliphatic hydroxyl groups excluding tert-OH is 1. The van der Waals surface area contributed by atoms with E-state index in [0.29, 0.717) is 25.8 Å². The highest BCUT2D eigenvalue weighted by molar-refractivity contribution is 5.96. The van der Waals surface area contributed by atoms with Crippen molar-refractivity contribution in [2.45, 2.75) is 103 Å². The molecule has 0 spiro atoms. The molecule has 6 amide bonds. The van der Waals surface area contributed by atoms with Crippen molar-refractivity contribution in [3.05, 3.63) is 47.5 Å². The fourth-order valence-corrected chi connectivity index (χ4v) is 6.29. The Morgan fingerprint density at radius 2 is 1.57 bits per heavy atom. The fourth-order valence-electron chi connectivity index (χ4n) is 6.29. The number of primary amides is 1. The average Bonchev–Trinajstić information content (AvgIpc) is 3.48. The summed E-state index contributed by atoms with van der Waals surface area (Å²) in [6, 6.07) is 4.16. The Balaban J connectivity index is 1.82. The van der Waals surface area contributed by atoms with Crippen LogP contribution in [0.1, 0.15) is 65.9 Å². The maximum absolute atomic E-state index is 14.4. The normalized spacial score (nSPS) is 19.7. The summed E-state index contributed by atoms with van der Waals surface area (Å²) in [5, 5.41) is 17.5. The Hall–Kier alpha value is -4.30. The quantitative estimate of drug-likeness (QED) is 0.135. The number of aliphatic hydroxyl groups is 1. The third kappa shape index (κ3) is 10.3. The van der Waals surface area contributed by atoms with Crippen molar-refractivity contribution >= 4 is 35.4 Å². The molecule has 1 aromatic carbocycles. The van der Waals surface area contributed by atoms with E-state index in [4.69, 9.17) is 11.5 Å². The van der Waals surface area contributed by atoms with Crippen molar-refractivity contribution in [2.24, 2.45) is 23.3 Å². The van der Waals surface area contributed by atoms with Gasteiger partial charge < -0.3 is 42.3 Å². The van der Waals surface area contributed by atoms with Crippen molar-refractivity contribution in [2.75, 3.05) is 19.7 Å². The van der Waals surface area contributed by atoms with Crippen LogP contribution in [0.2, 0.25) is 0 Å². The number of hydrogen-bond donors (Lipinski definition) is 6. The minimum atomic E-state index is -1.07. The van der Waals surface area contributed by atoms with Gasteiger partial charge in [0.05, 0.1) is 6.61 Å². The van der Waals surface area contributed by atoms with E-state index < -0.39 is 66.5 Å². The fraction of sp³-hybridized carbons (Fsp3) is 0.600. The van der Waals surface area contributed by atoms with Gasteiger partial charge in [-0.1, -0.05) is 64.1 Å². The van der Waals surface area contributed by atoms with Crippen LogP contribution >= 0.6 is 0 Å². The lowest BCUT2D eigenvalue weighted by Gasteiger charge is -2.35. The number of likely N-dealkylation sites (tertiary alicyclic amines) is 1. The Morgan fingerprint density at radius 3 is 2.16 bits per heavy atom. The molecule has 1 saturated heterocycles. The third-order valence-corrected chi connectivity index (χ3v) is 9.24. The van der Waals surface area contributed by atoms with Gasteiger partial charge in [-0.25, -0.2) is 0 Å². The SMILES string of the molecule is CC(NC(=O)C(N)CO)C1=CCC(=O)N(C(Cc2ccccc2)C(=O)N2CCCC2C(=O)NC(C(=O)NC(C(N)=O)C(C)C)C(C)C)CC1. The first-order valence-electron chi connectivity index (χ1n) is 17.1. The summed E-state index contributed by atoms with van der Waals surface area (Å²) < 4.78 is 0. The third-order valence-electron chi connectivity index (χ3n) is 9.24. The van der Waals surface area contributed by atoms with E-state index in [1.807, 2.05) is 30.3 Å². The van der Waals surface area contributed by atoms with E-state index in [2.05, 4.69) is 16.0 Å². The van der Waals surface area contributed by atoms with Crippen LogP contribution < -0.4 is 27.4 Å². The van der Waals surface area contributed by atoms with Crippen LogP contribution in [0, 0.1) is 11.8 Å². The number of rotatable bonds is 15. The first-order valence-corrected chi connectivity index (χ1v) is 17.1. The zero-order chi connectivity index (χ0) is 36.4. The zero-order valence-electron chi connectivity index (χ0n) is 29.2. The number of hydrogen-bond acceptors (Lipinski definition) is 8. The highest BCUT2D eigenvalue weighted by Gasteiger charge is 2.42. The second kappa shape index (κ2) is 17.9. The van der Waals surface area contributed by atoms with Crippen molar-refractivity contribution in [1.29, 1.82) is 0 Å². The lowest BCUT2D eigenvalue weighted by molar-refractivity contribution is -0.148. The van der Waals surface area contributed by atoms with Crippen LogP contribution in [0.25, 0.3) is 0 Å². The second-order valence-electron chi connectivity index (χ2n) is 13.6.